The number of benzene rings is 3. The van der Waals surface area contributed by atoms with Crippen LogP contribution in [0.4, 0.5) is 4.39 Å². The van der Waals surface area contributed by atoms with E-state index in [1.54, 1.807) is 12.3 Å². The number of nitrogens with one attached hydrogen (secondary N) is 2. The first-order valence-corrected chi connectivity index (χ1v) is 12.0. The number of H-pyrrole nitrogens is 2. The summed E-state index contributed by atoms with van der Waals surface area (Å²) in [5.74, 6) is 2.04. The number of hydrogen-bond donors (Lipinski definition) is 2. The Bertz CT molecular complexity index is 1540. The van der Waals surface area contributed by atoms with E-state index in [1.807, 2.05) is 19.1 Å². The van der Waals surface area contributed by atoms with Crippen LogP contribution < -0.4 is 0 Å². The van der Waals surface area contributed by atoms with Gasteiger partial charge in [-0.25, -0.2) is 14.4 Å². The third-order valence-corrected chi connectivity index (χ3v) is 7.18. The predicted octanol–water partition coefficient (Wildman–Crippen LogP) is 7.35. The van der Waals surface area contributed by atoms with E-state index in [0.29, 0.717) is 17.2 Å². The van der Waals surface area contributed by atoms with E-state index in [1.165, 1.54) is 27.6 Å². The van der Waals surface area contributed by atoms with Crippen LogP contribution in [0.25, 0.3) is 44.4 Å². The molecule has 0 saturated carbocycles. The monoisotopic (exact) mass is 450 g/mol. The van der Waals surface area contributed by atoms with E-state index < -0.39 is 0 Å². The largest absolute Gasteiger partial charge is 0.345 e. The highest BCUT2D eigenvalue weighted by atomic mass is 19.1. The minimum atomic E-state index is -0.255. The molecule has 0 amide bonds. The molecule has 1 aliphatic rings. The van der Waals surface area contributed by atoms with Gasteiger partial charge < -0.3 is 9.97 Å². The molecular weight excluding hydrogens is 423 g/mol. The average molecular weight is 451 g/mol. The van der Waals surface area contributed by atoms with Crippen molar-refractivity contribution in [2.24, 2.45) is 0 Å². The van der Waals surface area contributed by atoms with Crippen molar-refractivity contribution >= 4 is 10.8 Å². The van der Waals surface area contributed by atoms with Crippen LogP contribution in [0.1, 0.15) is 49.1 Å². The molecule has 0 fully saturated rings. The Kier molecular flexibility index (Phi) is 4.87. The summed E-state index contributed by atoms with van der Waals surface area (Å²) in [6.07, 6.45) is 4.71. The molecule has 1 unspecified atom stereocenters. The summed E-state index contributed by atoms with van der Waals surface area (Å²) in [7, 11) is 0. The lowest BCUT2D eigenvalue weighted by molar-refractivity contribution is 0.631. The van der Waals surface area contributed by atoms with Crippen molar-refractivity contribution in [3.63, 3.8) is 0 Å². The van der Waals surface area contributed by atoms with Crippen LogP contribution >= 0.6 is 0 Å². The second-order valence-electron chi connectivity index (χ2n) is 9.36. The Labute approximate surface area is 198 Å². The van der Waals surface area contributed by atoms with Crippen LogP contribution in [0.3, 0.4) is 0 Å². The van der Waals surface area contributed by atoms with Gasteiger partial charge in [0, 0.05) is 22.7 Å². The van der Waals surface area contributed by atoms with Crippen molar-refractivity contribution in [2.75, 3.05) is 0 Å². The van der Waals surface area contributed by atoms with E-state index >= 15 is 0 Å². The summed E-state index contributed by atoms with van der Waals surface area (Å²) in [6, 6.07) is 16.2. The van der Waals surface area contributed by atoms with E-state index in [9.17, 15) is 4.39 Å². The number of nitrogens with zero attached hydrogens (tertiary/aromatic N) is 2. The highest BCUT2D eigenvalue weighted by Gasteiger charge is 2.23. The van der Waals surface area contributed by atoms with Crippen LogP contribution in [0.5, 0.6) is 0 Å². The lowest BCUT2D eigenvalue weighted by atomic mass is 9.87. The summed E-state index contributed by atoms with van der Waals surface area (Å²) < 4.78 is 14.9. The molecular formula is C29H27FN4. The number of aromatic nitrogens is 4. The van der Waals surface area contributed by atoms with Gasteiger partial charge >= 0.3 is 0 Å². The highest BCUT2D eigenvalue weighted by Crippen LogP contribution is 2.38. The number of hydrogen-bond acceptors (Lipinski definition) is 2. The van der Waals surface area contributed by atoms with E-state index in [2.05, 4.69) is 59.1 Å². The van der Waals surface area contributed by atoms with Gasteiger partial charge in [0.2, 0.25) is 0 Å². The molecule has 4 nitrogen and oxygen atoms in total. The fourth-order valence-electron chi connectivity index (χ4n) is 5.05. The Morgan fingerprint density at radius 1 is 0.971 bits per heavy atom. The molecule has 5 heteroatoms. The van der Waals surface area contributed by atoms with E-state index in [0.717, 1.165) is 47.7 Å². The number of aryl methyl sites for hydroxylation is 3. The summed E-state index contributed by atoms with van der Waals surface area (Å²) in [5, 5.41) is 2.43. The first-order valence-electron chi connectivity index (χ1n) is 12.0. The molecule has 3 aromatic carbocycles. The number of fused-ring (bicyclic) bond motifs is 5. The molecule has 0 saturated heterocycles. The van der Waals surface area contributed by atoms with Gasteiger partial charge in [0.05, 0.1) is 17.6 Å². The van der Waals surface area contributed by atoms with Gasteiger partial charge in [-0.2, -0.15) is 0 Å². The third kappa shape index (κ3) is 3.35. The smallest absolute Gasteiger partial charge is 0.133 e. The molecule has 1 aliphatic carbocycles. The van der Waals surface area contributed by atoms with E-state index in [-0.39, 0.29) is 5.82 Å². The minimum absolute atomic E-state index is 0.255. The fourth-order valence-corrected chi connectivity index (χ4v) is 5.05. The Morgan fingerprint density at radius 2 is 1.76 bits per heavy atom. The normalized spacial score (nSPS) is 13.6. The second kappa shape index (κ2) is 7.94. The van der Waals surface area contributed by atoms with Crippen molar-refractivity contribution in [3.8, 4) is 33.6 Å². The second-order valence-corrected chi connectivity index (χ2v) is 9.36. The quantitative estimate of drug-likeness (QED) is 0.301. The molecule has 2 aromatic heterocycles. The summed E-state index contributed by atoms with van der Waals surface area (Å²) in [6.45, 7) is 6.28. The third-order valence-electron chi connectivity index (χ3n) is 7.18. The van der Waals surface area contributed by atoms with Gasteiger partial charge in [-0.15, -0.1) is 0 Å². The summed E-state index contributed by atoms with van der Waals surface area (Å²) in [5.41, 5.74) is 8.05. The molecule has 170 valence electrons. The van der Waals surface area contributed by atoms with Gasteiger partial charge in [-0.3, -0.25) is 0 Å². The highest BCUT2D eigenvalue weighted by molar-refractivity contribution is 5.95. The molecule has 0 bridgehead atoms. The molecule has 5 aromatic rings. The molecule has 34 heavy (non-hydrogen) atoms. The fraction of sp³-hybridized carbons (Fsp3) is 0.241. The van der Waals surface area contributed by atoms with Gasteiger partial charge in [0.1, 0.15) is 17.5 Å². The Hall–Kier alpha value is -3.73. The lowest BCUT2D eigenvalue weighted by Crippen LogP contribution is -2.04. The van der Waals surface area contributed by atoms with E-state index in [4.69, 9.17) is 4.98 Å². The molecule has 2 N–H and O–H groups in total. The number of halogens is 1. The molecule has 6 rings (SSSR count). The van der Waals surface area contributed by atoms with Crippen molar-refractivity contribution in [2.45, 2.75) is 46.0 Å². The maximum absolute atomic E-state index is 14.9. The Balaban J connectivity index is 1.38. The van der Waals surface area contributed by atoms with Crippen LogP contribution in [-0.2, 0) is 12.8 Å². The zero-order valence-electron chi connectivity index (χ0n) is 19.7. The topological polar surface area (TPSA) is 57.4 Å². The predicted molar refractivity (Wildman–Crippen MR) is 135 cm³/mol. The number of rotatable bonds is 4. The first-order chi connectivity index (χ1) is 16.5. The van der Waals surface area contributed by atoms with Crippen LogP contribution in [0.15, 0.2) is 54.7 Å². The van der Waals surface area contributed by atoms with Crippen LogP contribution in [0.2, 0.25) is 0 Å². The van der Waals surface area contributed by atoms with Crippen molar-refractivity contribution < 1.29 is 4.39 Å². The molecule has 0 radical (unpaired) electrons. The first kappa shape index (κ1) is 20.8. The SMILES string of the molecule is CCC(C)c1nc2c([nH]1)CCc1c-2ccc2cc(-c3ccc(-c4cnc(C)[nH]4)c(F)c3)ccc12. The minimum Gasteiger partial charge on any atom is -0.345 e. The lowest BCUT2D eigenvalue weighted by Gasteiger charge is -2.18. The van der Waals surface area contributed by atoms with Gasteiger partial charge in [0.15, 0.2) is 0 Å². The number of imidazole rings is 2. The standard InChI is InChI=1S/C29H27FN4/c1-4-16(2)29-33-26-12-11-22-21-8-5-18(13-20(21)7-9-23(22)28(26)34-29)19-6-10-24(25(30)14-19)27-15-31-17(3)32-27/h5-10,13-16H,4,11-12H2,1-3H3,(H,31,32)(H,33,34). The molecule has 2 heterocycles. The van der Waals surface area contributed by atoms with Crippen molar-refractivity contribution in [3.05, 3.63) is 83.5 Å². The molecule has 0 spiro atoms. The Morgan fingerprint density at radius 3 is 2.53 bits per heavy atom. The van der Waals surface area contributed by atoms with Crippen LogP contribution in [-0.4, -0.2) is 19.9 Å². The van der Waals surface area contributed by atoms with Gasteiger partial charge in [-0.05, 0) is 71.8 Å². The van der Waals surface area contributed by atoms with Crippen LogP contribution in [0, 0.1) is 12.7 Å². The summed E-state index contributed by atoms with van der Waals surface area (Å²) in [4.78, 5) is 15.8. The molecule has 0 aliphatic heterocycles. The van der Waals surface area contributed by atoms with Crippen molar-refractivity contribution in [1.82, 2.24) is 19.9 Å². The zero-order chi connectivity index (χ0) is 23.4. The number of aromatic amines is 2. The van der Waals surface area contributed by atoms with Gasteiger partial charge in [-0.1, -0.05) is 44.2 Å². The molecule has 1 atom stereocenters. The summed E-state index contributed by atoms with van der Waals surface area (Å²) >= 11 is 0. The maximum atomic E-state index is 14.9. The maximum Gasteiger partial charge on any atom is 0.133 e. The average Bonchev–Trinajstić information content (AvgIpc) is 3.49. The van der Waals surface area contributed by atoms with Gasteiger partial charge in [0.25, 0.3) is 0 Å². The zero-order valence-corrected chi connectivity index (χ0v) is 19.7. The van der Waals surface area contributed by atoms with Crippen molar-refractivity contribution in [1.29, 1.82) is 0 Å².